The molecule has 5 nitrogen and oxygen atoms in total. The van der Waals surface area contributed by atoms with Crippen molar-refractivity contribution < 1.29 is 13.2 Å². The fourth-order valence-corrected chi connectivity index (χ4v) is 4.24. The van der Waals surface area contributed by atoms with E-state index < -0.39 is 15.7 Å². The molecule has 0 aromatic heterocycles. The van der Waals surface area contributed by atoms with Gasteiger partial charge in [-0.05, 0) is 37.1 Å². The van der Waals surface area contributed by atoms with Crippen LogP contribution in [0, 0.1) is 0 Å². The van der Waals surface area contributed by atoms with Crippen LogP contribution >= 0.6 is 11.6 Å². The summed E-state index contributed by atoms with van der Waals surface area (Å²) in [6.45, 7) is 0.430. The number of nitrogens with zero attached hydrogens (tertiary/aromatic N) is 1. The third-order valence-electron chi connectivity index (χ3n) is 4.02. The van der Waals surface area contributed by atoms with Gasteiger partial charge >= 0.3 is 0 Å². The molecule has 7 heteroatoms. The smallest absolute Gasteiger partial charge is 0.231 e. The lowest BCUT2D eigenvalue weighted by Crippen LogP contribution is -2.42. The summed E-state index contributed by atoms with van der Waals surface area (Å²) in [7, 11) is -3.39. The predicted molar refractivity (Wildman–Crippen MR) is 86.5 cm³/mol. The number of hydrogen-bond donors (Lipinski definition) is 1. The monoisotopic (exact) mass is 344 g/mol. The molecule has 1 aliphatic rings. The lowest BCUT2D eigenvalue weighted by atomic mass is 10.2. The standard InChI is InChI=1S/C15H21ClN2O3S/c16-12-5-7-14(8-6-12)22(20,21)10-9-18(11-15(17)19)13-3-1-2-4-13/h5-8,13H,1-4,9-11H2,(H2,17,19). The molecule has 1 aromatic rings. The highest BCUT2D eigenvalue weighted by Crippen LogP contribution is 2.23. The van der Waals surface area contributed by atoms with E-state index in [0.29, 0.717) is 11.6 Å². The normalized spacial score (nSPS) is 16.3. The molecule has 1 saturated carbocycles. The maximum absolute atomic E-state index is 12.4. The Morgan fingerprint density at radius 3 is 2.36 bits per heavy atom. The average molecular weight is 345 g/mol. The summed E-state index contributed by atoms with van der Waals surface area (Å²) in [6.07, 6.45) is 4.22. The van der Waals surface area contributed by atoms with Gasteiger partial charge in [0.25, 0.3) is 0 Å². The summed E-state index contributed by atoms with van der Waals surface area (Å²) in [4.78, 5) is 13.4. The Labute approximate surface area is 136 Å². The van der Waals surface area contributed by atoms with Crippen molar-refractivity contribution in [1.29, 1.82) is 0 Å². The Morgan fingerprint density at radius 1 is 1.23 bits per heavy atom. The first-order chi connectivity index (χ1) is 10.4. The van der Waals surface area contributed by atoms with Crippen molar-refractivity contribution in [2.24, 2.45) is 5.73 Å². The summed E-state index contributed by atoms with van der Waals surface area (Å²) in [5, 5.41) is 0.500. The van der Waals surface area contributed by atoms with Gasteiger partial charge in [-0.3, -0.25) is 9.69 Å². The zero-order valence-corrected chi connectivity index (χ0v) is 13.9. The van der Waals surface area contributed by atoms with Gasteiger partial charge in [-0.2, -0.15) is 0 Å². The molecule has 0 radical (unpaired) electrons. The second-order valence-corrected chi connectivity index (χ2v) is 8.19. The van der Waals surface area contributed by atoms with Crippen LogP contribution in [0.4, 0.5) is 0 Å². The quantitative estimate of drug-likeness (QED) is 0.818. The first-order valence-electron chi connectivity index (χ1n) is 7.39. The molecule has 0 aliphatic heterocycles. The van der Waals surface area contributed by atoms with E-state index in [0.717, 1.165) is 25.7 Å². The fraction of sp³-hybridized carbons (Fsp3) is 0.533. The number of hydrogen-bond acceptors (Lipinski definition) is 4. The molecule has 0 saturated heterocycles. The number of benzene rings is 1. The lowest BCUT2D eigenvalue weighted by Gasteiger charge is -2.27. The fourth-order valence-electron chi connectivity index (χ4n) is 2.86. The molecule has 1 aromatic carbocycles. The van der Waals surface area contributed by atoms with Crippen LogP contribution in [0.3, 0.4) is 0 Å². The zero-order valence-electron chi connectivity index (χ0n) is 12.4. The van der Waals surface area contributed by atoms with Crippen molar-refractivity contribution in [3.05, 3.63) is 29.3 Å². The van der Waals surface area contributed by atoms with E-state index in [1.165, 1.54) is 12.1 Å². The van der Waals surface area contributed by atoms with Gasteiger partial charge in [0.2, 0.25) is 5.91 Å². The van der Waals surface area contributed by atoms with Crippen molar-refractivity contribution in [2.75, 3.05) is 18.8 Å². The van der Waals surface area contributed by atoms with Crippen molar-refractivity contribution >= 4 is 27.3 Å². The van der Waals surface area contributed by atoms with E-state index in [1.807, 2.05) is 4.90 Å². The average Bonchev–Trinajstić information content (AvgIpc) is 2.97. The third-order valence-corrected chi connectivity index (χ3v) is 5.98. The summed E-state index contributed by atoms with van der Waals surface area (Å²) in [6, 6.07) is 6.39. The minimum absolute atomic E-state index is 0.0294. The maximum Gasteiger partial charge on any atom is 0.231 e. The molecule has 1 amide bonds. The first-order valence-corrected chi connectivity index (χ1v) is 9.42. The molecule has 2 N–H and O–H groups in total. The van der Waals surface area contributed by atoms with Crippen LogP contribution in [0.15, 0.2) is 29.2 Å². The molecule has 0 unspecified atom stereocenters. The largest absolute Gasteiger partial charge is 0.369 e. The van der Waals surface area contributed by atoms with Gasteiger partial charge in [-0.15, -0.1) is 0 Å². The van der Waals surface area contributed by atoms with Crippen LogP contribution in [0.1, 0.15) is 25.7 Å². The number of carbonyl (C=O) groups is 1. The Kier molecular flexibility index (Phi) is 5.83. The molecule has 0 heterocycles. The van der Waals surface area contributed by atoms with Crippen LogP contribution in [-0.4, -0.2) is 44.1 Å². The van der Waals surface area contributed by atoms with E-state index in [1.54, 1.807) is 12.1 Å². The van der Waals surface area contributed by atoms with Crippen molar-refractivity contribution in [3.8, 4) is 0 Å². The van der Waals surface area contributed by atoms with E-state index in [4.69, 9.17) is 17.3 Å². The Bertz CT molecular complexity index is 610. The minimum Gasteiger partial charge on any atom is -0.369 e. The second kappa shape index (κ2) is 7.44. The van der Waals surface area contributed by atoms with Crippen LogP contribution in [0.25, 0.3) is 0 Å². The molecule has 0 atom stereocenters. The molecular weight excluding hydrogens is 324 g/mol. The SMILES string of the molecule is NC(=O)CN(CCS(=O)(=O)c1ccc(Cl)cc1)C1CCCC1. The van der Waals surface area contributed by atoms with Gasteiger partial charge in [0.05, 0.1) is 17.2 Å². The van der Waals surface area contributed by atoms with Gasteiger partial charge in [-0.1, -0.05) is 24.4 Å². The molecular formula is C15H21ClN2O3S. The van der Waals surface area contributed by atoms with E-state index in [-0.39, 0.29) is 23.2 Å². The molecule has 1 aliphatic carbocycles. The van der Waals surface area contributed by atoms with Gasteiger partial charge < -0.3 is 5.73 Å². The number of nitrogens with two attached hydrogens (primary N) is 1. The van der Waals surface area contributed by atoms with Gasteiger partial charge in [0.15, 0.2) is 9.84 Å². The number of rotatable bonds is 7. The summed E-state index contributed by atoms with van der Waals surface area (Å²) in [5.74, 6) is -0.450. The highest BCUT2D eigenvalue weighted by atomic mass is 35.5. The Balaban J connectivity index is 2.03. The topological polar surface area (TPSA) is 80.5 Å². The van der Waals surface area contributed by atoms with Crippen LogP contribution in [0.5, 0.6) is 0 Å². The van der Waals surface area contributed by atoms with E-state index in [9.17, 15) is 13.2 Å². The highest BCUT2D eigenvalue weighted by molar-refractivity contribution is 7.91. The number of halogens is 1. The summed E-state index contributed by atoms with van der Waals surface area (Å²) in [5.41, 5.74) is 5.28. The number of sulfone groups is 1. The zero-order chi connectivity index (χ0) is 16.2. The molecule has 2 rings (SSSR count). The molecule has 22 heavy (non-hydrogen) atoms. The van der Waals surface area contributed by atoms with Crippen molar-refractivity contribution in [3.63, 3.8) is 0 Å². The van der Waals surface area contributed by atoms with E-state index >= 15 is 0 Å². The maximum atomic E-state index is 12.4. The highest BCUT2D eigenvalue weighted by Gasteiger charge is 2.25. The van der Waals surface area contributed by atoms with Crippen LogP contribution < -0.4 is 5.73 Å². The van der Waals surface area contributed by atoms with Crippen LogP contribution in [-0.2, 0) is 14.6 Å². The predicted octanol–water partition coefficient (Wildman–Crippen LogP) is 1.84. The Hall–Kier alpha value is -1.11. The van der Waals surface area contributed by atoms with Gasteiger partial charge in [0.1, 0.15) is 0 Å². The molecule has 0 bridgehead atoms. The number of carbonyl (C=O) groups excluding carboxylic acids is 1. The Morgan fingerprint density at radius 2 is 1.82 bits per heavy atom. The van der Waals surface area contributed by atoms with Crippen LogP contribution in [0.2, 0.25) is 5.02 Å². The second-order valence-electron chi connectivity index (χ2n) is 5.65. The number of primary amides is 1. The number of amides is 1. The lowest BCUT2D eigenvalue weighted by molar-refractivity contribution is -0.119. The van der Waals surface area contributed by atoms with Crippen molar-refractivity contribution in [1.82, 2.24) is 4.90 Å². The molecule has 0 spiro atoms. The summed E-state index contributed by atoms with van der Waals surface area (Å²) < 4.78 is 24.7. The minimum atomic E-state index is -3.39. The van der Waals surface area contributed by atoms with Gasteiger partial charge in [0, 0.05) is 17.6 Å². The van der Waals surface area contributed by atoms with Gasteiger partial charge in [-0.25, -0.2) is 8.42 Å². The third kappa shape index (κ3) is 4.69. The molecule has 122 valence electrons. The summed E-state index contributed by atoms with van der Waals surface area (Å²) >= 11 is 5.78. The van der Waals surface area contributed by atoms with Crippen molar-refractivity contribution in [2.45, 2.75) is 36.6 Å². The first kappa shape index (κ1) is 17.2. The van der Waals surface area contributed by atoms with E-state index in [2.05, 4.69) is 0 Å². The molecule has 1 fully saturated rings.